The van der Waals surface area contributed by atoms with Gasteiger partial charge in [-0.15, -0.1) is 0 Å². The third-order valence-corrected chi connectivity index (χ3v) is 2.69. The molecule has 0 bridgehead atoms. The molecule has 0 atom stereocenters. The van der Waals surface area contributed by atoms with Crippen LogP contribution in [0.4, 0.5) is 0 Å². The lowest BCUT2D eigenvalue weighted by Crippen LogP contribution is -2.47. The molecule has 15 heavy (non-hydrogen) atoms. The fourth-order valence-electron chi connectivity index (χ4n) is 1.70. The lowest BCUT2D eigenvalue weighted by Gasteiger charge is -2.34. The van der Waals surface area contributed by atoms with Gasteiger partial charge in [0.25, 0.3) is 0 Å². The molecule has 6 nitrogen and oxygen atoms in total. The Morgan fingerprint density at radius 2 is 1.67 bits per heavy atom. The molecule has 1 heterocycles. The van der Waals surface area contributed by atoms with E-state index in [4.69, 9.17) is 16.0 Å². The number of nitrogens with two attached hydrogens (primary N) is 1. The minimum absolute atomic E-state index is 0.226. The van der Waals surface area contributed by atoms with Crippen molar-refractivity contribution in [1.29, 1.82) is 0 Å². The summed E-state index contributed by atoms with van der Waals surface area (Å²) in [7, 11) is 0. The molecular weight excluding hydrogens is 196 g/mol. The molecular formula is C9H20N4O2. The lowest BCUT2D eigenvalue weighted by molar-refractivity contribution is 0.114. The monoisotopic (exact) mass is 216 g/mol. The maximum Gasteiger partial charge on any atom is 0.140 e. The highest BCUT2D eigenvalue weighted by atomic mass is 16.4. The molecule has 1 aliphatic rings. The van der Waals surface area contributed by atoms with Gasteiger partial charge in [0.2, 0.25) is 0 Å². The second-order valence-electron chi connectivity index (χ2n) is 3.75. The van der Waals surface area contributed by atoms with E-state index in [0.717, 1.165) is 39.3 Å². The number of rotatable bonds is 5. The molecule has 1 saturated heterocycles. The zero-order valence-corrected chi connectivity index (χ0v) is 8.97. The first-order valence-corrected chi connectivity index (χ1v) is 5.28. The number of amidine groups is 1. The predicted molar refractivity (Wildman–Crippen MR) is 58.0 cm³/mol. The Kier molecular flexibility index (Phi) is 5.38. The van der Waals surface area contributed by atoms with Crippen molar-refractivity contribution in [2.24, 2.45) is 10.9 Å². The Hall–Kier alpha value is -0.850. The van der Waals surface area contributed by atoms with Gasteiger partial charge >= 0.3 is 0 Å². The molecule has 0 amide bonds. The van der Waals surface area contributed by atoms with Crippen molar-refractivity contribution < 1.29 is 10.3 Å². The fourth-order valence-corrected chi connectivity index (χ4v) is 1.70. The number of oxime groups is 1. The van der Waals surface area contributed by atoms with Crippen LogP contribution < -0.4 is 5.73 Å². The van der Waals surface area contributed by atoms with E-state index in [0.29, 0.717) is 6.42 Å². The summed E-state index contributed by atoms with van der Waals surface area (Å²) < 4.78 is 0. The predicted octanol–water partition coefficient (Wildman–Crippen LogP) is -1.27. The summed E-state index contributed by atoms with van der Waals surface area (Å²) in [5, 5.41) is 20.1. The van der Waals surface area contributed by atoms with Crippen molar-refractivity contribution in [2.45, 2.75) is 6.42 Å². The van der Waals surface area contributed by atoms with Crippen molar-refractivity contribution in [1.82, 2.24) is 9.80 Å². The number of nitrogens with zero attached hydrogens (tertiary/aromatic N) is 3. The summed E-state index contributed by atoms with van der Waals surface area (Å²) in [5.74, 6) is 0.285. The van der Waals surface area contributed by atoms with Crippen LogP contribution >= 0.6 is 0 Å². The van der Waals surface area contributed by atoms with Gasteiger partial charge in [-0.1, -0.05) is 5.16 Å². The van der Waals surface area contributed by atoms with Gasteiger partial charge in [-0.25, -0.2) is 0 Å². The van der Waals surface area contributed by atoms with E-state index in [1.807, 2.05) is 0 Å². The minimum atomic E-state index is 0.226. The van der Waals surface area contributed by atoms with Crippen molar-refractivity contribution in [3.05, 3.63) is 0 Å². The van der Waals surface area contributed by atoms with Crippen LogP contribution in [-0.2, 0) is 0 Å². The third-order valence-electron chi connectivity index (χ3n) is 2.69. The first-order chi connectivity index (χ1) is 7.26. The molecule has 0 aromatic rings. The van der Waals surface area contributed by atoms with Gasteiger partial charge in [0.1, 0.15) is 5.84 Å². The van der Waals surface area contributed by atoms with Crippen LogP contribution in [0.5, 0.6) is 0 Å². The topological polar surface area (TPSA) is 85.3 Å². The molecule has 6 heteroatoms. The summed E-state index contributed by atoms with van der Waals surface area (Å²) in [6, 6.07) is 0. The quantitative estimate of drug-likeness (QED) is 0.231. The van der Waals surface area contributed by atoms with Gasteiger partial charge in [0.15, 0.2) is 0 Å². The van der Waals surface area contributed by atoms with Crippen molar-refractivity contribution in [2.75, 3.05) is 45.9 Å². The summed E-state index contributed by atoms with van der Waals surface area (Å²) in [5.41, 5.74) is 5.39. The Labute approximate surface area is 90.0 Å². The average molecular weight is 216 g/mol. The second kappa shape index (κ2) is 6.60. The number of hydrogen-bond donors (Lipinski definition) is 3. The minimum Gasteiger partial charge on any atom is -0.409 e. The lowest BCUT2D eigenvalue weighted by atomic mass is 10.3. The van der Waals surface area contributed by atoms with E-state index in [2.05, 4.69) is 15.0 Å². The first kappa shape index (κ1) is 12.2. The van der Waals surface area contributed by atoms with Crippen LogP contribution in [0, 0.1) is 0 Å². The van der Waals surface area contributed by atoms with E-state index >= 15 is 0 Å². The molecule has 0 unspecified atom stereocenters. The van der Waals surface area contributed by atoms with E-state index in [9.17, 15) is 0 Å². The van der Waals surface area contributed by atoms with Gasteiger partial charge in [0, 0.05) is 45.7 Å². The summed E-state index contributed by atoms with van der Waals surface area (Å²) in [6.07, 6.45) is 0.608. The summed E-state index contributed by atoms with van der Waals surface area (Å²) in [6.45, 7) is 5.76. The maximum atomic E-state index is 8.78. The zero-order chi connectivity index (χ0) is 11.1. The first-order valence-electron chi connectivity index (χ1n) is 5.28. The van der Waals surface area contributed by atoms with Crippen molar-refractivity contribution in [3.8, 4) is 0 Å². The number of β-amino-alcohol motifs (C(OH)–C–C–N with tert-alkyl or cyclic N) is 1. The van der Waals surface area contributed by atoms with Gasteiger partial charge in [-0.05, 0) is 0 Å². The fraction of sp³-hybridized carbons (Fsp3) is 0.889. The number of aliphatic hydroxyl groups excluding tert-OH is 1. The van der Waals surface area contributed by atoms with Gasteiger partial charge < -0.3 is 20.9 Å². The Bertz CT molecular complexity index is 202. The standard InChI is InChI=1S/C9H20N4O2/c10-9(11-15)1-2-12-3-5-13(6-4-12)7-8-14/h14-15H,1-8H2,(H2,10,11). The molecule has 1 rings (SSSR count). The highest BCUT2D eigenvalue weighted by Gasteiger charge is 2.15. The van der Waals surface area contributed by atoms with Crippen LogP contribution in [0.15, 0.2) is 5.16 Å². The molecule has 0 aromatic heterocycles. The Balaban J connectivity index is 2.14. The van der Waals surface area contributed by atoms with Crippen LogP contribution in [0.1, 0.15) is 6.42 Å². The van der Waals surface area contributed by atoms with E-state index in [1.165, 1.54) is 0 Å². The van der Waals surface area contributed by atoms with Crippen molar-refractivity contribution >= 4 is 5.84 Å². The molecule has 4 N–H and O–H groups in total. The SMILES string of the molecule is N/C(CCN1CCN(CCO)CC1)=N\O. The Morgan fingerprint density at radius 1 is 1.13 bits per heavy atom. The van der Waals surface area contributed by atoms with Crippen LogP contribution in [-0.4, -0.2) is 71.8 Å². The van der Waals surface area contributed by atoms with Crippen LogP contribution in [0.2, 0.25) is 0 Å². The highest BCUT2D eigenvalue weighted by Crippen LogP contribution is 2.01. The normalized spacial score (nSPS) is 20.7. The van der Waals surface area contributed by atoms with E-state index in [-0.39, 0.29) is 12.4 Å². The zero-order valence-electron chi connectivity index (χ0n) is 8.97. The van der Waals surface area contributed by atoms with Crippen LogP contribution in [0.25, 0.3) is 0 Å². The Morgan fingerprint density at radius 3 is 2.13 bits per heavy atom. The second-order valence-corrected chi connectivity index (χ2v) is 3.75. The summed E-state index contributed by atoms with van der Waals surface area (Å²) in [4.78, 5) is 4.52. The maximum absolute atomic E-state index is 8.78. The van der Waals surface area contributed by atoms with Crippen LogP contribution in [0.3, 0.4) is 0 Å². The average Bonchev–Trinajstić information content (AvgIpc) is 2.28. The number of hydrogen-bond acceptors (Lipinski definition) is 5. The molecule has 0 radical (unpaired) electrons. The van der Waals surface area contributed by atoms with E-state index in [1.54, 1.807) is 0 Å². The highest BCUT2D eigenvalue weighted by molar-refractivity contribution is 5.79. The molecule has 0 aliphatic carbocycles. The molecule has 0 aromatic carbocycles. The van der Waals surface area contributed by atoms with E-state index < -0.39 is 0 Å². The van der Waals surface area contributed by atoms with Crippen molar-refractivity contribution in [3.63, 3.8) is 0 Å². The molecule has 1 aliphatic heterocycles. The van der Waals surface area contributed by atoms with Gasteiger partial charge in [0.05, 0.1) is 6.61 Å². The molecule has 0 spiro atoms. The largest absolute Gasteiger partial charge is 0.409 e. The molecule has 88 valence electrons. The third kappa shape index (κ3) is 4.46. The van der Waals surface area contributed by atoms with Gasteiger partial charge in [-0.3, -0.25) is 4.90 Å². The van der Waals surface area contributed by atoms with Gasteiger partial charge in [-0.2, -0.15) is 0 Å². The number of piperazine rings is 1. The number of aliphatic hydroxyl groups is 1. The molecule has 0 saturated carbocycles. The summed E-state index contributed by atoms with van der Waals surface area (Å²) >= 11 is 0. The molecule has 1 fully saturated rings. The smallest absolute Gasteiger partial charge is 0.140 e.